The Morgan fingerprint density at radius 3 is 0.742 bits per heavy atom. The number of fused-ring (bicyclic) bond motifs is 6. The first-order valence-electron chi connectivity index (χ1n) is 38.5. The van der Waals surface area contributed by atoms with Crippen LogP contribution >= 0.6 is 94.2 Å². The lowest BCUT2D eigenvalue weighted by Gasteiger charge is -2.33. The fraction of sp³-hybridized carbons (Fsp3) is 0.102. The van der Waals surface area contributed by atoms with Gasteiger partial charge in [0.05, 0.1) is 24.0 Å². The quantitative estimate of drug-likeness (QED) is 0.0505. The molecule has 14 nitrogen and oxygen atoms in total. The van der Waals surface area contributed by atoms with Crippen molar-refractivity contribution in [2.75, 3.05) is 25.5 Å². The minimum absolute atomic E-state index is 0. The van der Waals surface area contributed by atoms with Crippen molar-refractivity contribution < 1.29 is 55.4 Å². The molecule has 8 aromatic heterocycles. The molecule has 0 amide bonds. The molecule has 0 unspecified atom stereocenters. The van der Waals surface area contributed by atoms with Crippen LogP contribution in [-0.4, -0.2) is 45.3 Å². The Morgan fingerprint density at radius 1 is 0.292 bits per heavy atom. The van der Waals surface area contributed by atoms with Crippen molar-refractivity contribution in [2.24, 2.45) is 0 Å². The predicted molar refractivity (Wildman–Crippen MR) is 491 cm³/mol. The normalized spacial score (nSPS) is 12.2. The number of hydrogen-bond donors (Lipinski definition) is 2. The van der Waals surface area contributed by atoms with Crippen molar-refractivity contribution in [1.82, 2.24) is 9.97 Å². The number of aromatic nitrogens is 8. The lowest BCUT2D eigenvalue weighted by Crippen LogP contribution is -2.34. The summed E-state index contributed by atoms with van der Waals surface area (Å²) in [5.74, 6) is 0. The Hall–Kier alpha value is -10.8. The molecule has 0 bridgehead atoms. The third-order valence-electron chi connectivity index (χ3n) is 22.0. The maximum atomic E-state index is 12.9. The maximum absolute atomic E-state index is 12.9. The Kier molecular flexibility index (Phi) is 29.7. The van der Waals surface area contributed by atoms with Crippen molar-refractivity contribution in [3.8, 4) is 89.5 Å². The molecule has 120 heavy (non-hydrogen) atoms. The van der Waals surface area contributed by atoms with Crippen LogP contribution in [0, 0.1) is 0 Å². The van der Waals surface area contributed by atoms with Crippen LogP contribution in [-0.2, 0) is 42.1 Å². The van der Waals surface area contributed by atoms with Gasteiger partial charge in [-0.05, 0) is 149 Å². The molecule has 0 radical (unpaired) electrons. The van der Waals surface area contributed by atoms with E-state index in [1.54, 1.807) is 4.57 Å². The van der Waals surface area contributed by atoms with Crippen molar-refractivity contribution in [2.45, 2.75) is 37.8 Å². The van der Waals surface area contributed by atoms with Gasteiger partial charge in [0.15, 0.2) is 87.5 Å². The molecule has 22 heteroatoms. The number of nitrogens with zero attached hydrogens (tertiary/aromatic N) is 8. The summed E-state index contributed by atoms with van der Waals surface area (Å²) in [6.07, 6.45) is 32.0. The summed E-state index contributed by atoms with van der Waals surface area (Å²) in [6, 6.07) is 105. The predicted octanol–water partition coefficient (Wildman–Crippen LogP) is 20.4. The molecule has 2 aliphatic rings. The van der Waals surface area contributed by atoms with Gasteiger partial charge in [0.25, 0.3) is 0 Å². The highest BCUT2D eigenvalue weighted by Gasteiger charge is 2.48. The van der Waals surface area contributed by atoms with E-state index in [-0.39, 0.29) is 91.7 Å². The SMILES string of the molecule is Br.CCOP(=O)(CC[n+]1ccc(-c2cc[n+](-c3ccc(C4(c5ccc(-[n+]6ccc(-c7ccncc7)cc6)cc5)c5ccccc5-c5ccccc54)cc3)cc2)cc1)OCC.Cl.Cl.Cl.Cl.Cl.O=P(O)(O)CC[n+]1ccc(-c2cc[n+](-c3ccc(C4(c5ccc(-[n+]6ccc(-c7ccncc7)cc6)cc5)c5ccccc5-c5ccccc54)cc3)cc2)cc1. The Bertz CT molecular complexity index is 6100. The van der Waals surface area contributed by atoms with Crippen LogP contribution in [0.15, 0.2) is 390 Å². The van der Waals surface area contributed by atoms with Gasteiger partial charge >= 0.3 is 15.2 Å². The van der Waals surface area contributed by atoms with E-state index in [1.807, 2.05) is 104 Å². The van der Waals surface area contributed by atoms with E-state index in [2.05, 4.69) is 333 Å². The van der Waals surface area contributed by atoms with E-state index in [0.29, 0.717) is 25.9 Å². The van der Waals surface area contributed by atoms with Gasteiger partial charge in [-0.15, -0.1) is 79.0 Å². The van der Waals surface area contributed by atoms with Crippen LogP contribution in [0.5, 0.6) is 0 Å². The third kappa shape index (κ3) is 18.3. The molecule has 2 aliphatic carbocycles. The number of benzene rings is 8. The molecular weight excluding hydrogens is 1700 g/mol. The van der Waals surface area contributed by atoms with Gasteiger partial charge in [-0.1, -0.05) is 146 Å². The second kappa shape index (κ2) is 39.6. The molecule has 8 heterocycles. The zero-order valence-electron chi connectivity index (χ0n) is 65.6. The van der Waals surface area contributed by atoms with E-state index >= 15 is 0 Å². The fourth-order valence-electron chi connectivity index (χ4n) is 16.5. The Balaban J connectivity index is 0.000000224. The summed E-state index contributed by atoms with van der Waals surface area (Å²) >= 11 is 0. The first-order valence-corrected chi connectivity index (χ1v) is 42.0. The second-order valence-electron chi connectivity index (χ2n) is 28.5. The van der Waals surface area contributed by atoms with Crippen LogP contribution in [0.4, 0.5) is 0 Å². The summed E-state index contributed by atoms with van der Waals surface area (Å²) in [6.45, 7) is 5.21. The fourth-order valence-corrected chi connectivity index (χ4v) is 18.6. The Labute approximate surface area is 741 Å². The third-order valence-corrected chi connectivity index (χ3v) is 24.9. The molecule has 0 atom stereocenters. The summed E-state index contributed by atoms with van der Waals surface area (Å²) < 4.78 is 47.5. The lowest BCUT2D eigenvalue weighted by molar-refractivity contribution is -0.692. The highest BCUT2D eigenvalue weighted by molar-refractivity contribution is 8.93. The summed E-state index contributed by atoms with van der Waals surface area (Å²) in [7, 11) is -7.14. The number of hydrogen-bond acceptors (Lipinski definition) is 6. The smallest absolute Gasteiger partial charge is 0.324 e. The molecule has 18 rings (SSSR count). The number of halogens is 6. The summed E-state index contributed by atoms with van der Waals surface area (Å²) in [5.41, 5.74) is 27.2. The van der Waals surface area contributed by atoms with Crippen LogP contribution in [0.25, 0.3) is 89.5 Å². The van der Waals surface area contributed by atoms with Gasteiger partial charge < -0.3 is 18.8 Å². The van der Waals surface area contributed by atoms with Gasteiger partial charge in [-0.3, -0.25) is 19.1 Å². The second-order valence-corrected chi connectivity index (χ2v) is 32.5. The van der Waals surface area contributed by atoms with Crippen molar-refractivity contribution in [3.05, 3.63) is 435 Å². The van der Waals surface area contributed by atoms with Crippen molar-refractivity contribution >= 4 is 94.2 Å². The highest BCUT2D eigenvalue weighted by Crippen LogP contribution is 2.58. The molecule has 604 valence electrons. The van der Waals surface area contributed by atoms with Gasteiger partial charge in [0.2, 0.25) is 22.7 Å². The minimum atomic E-state index is -4.04. The average molecular weight is 1790 g/mol. The minimum Gasteiger partial charge on any atom is -0.324 e. The maximum Gasteiger partial charge on any atom is 0.337 e. The highest BCUT2D eigenvalue weighted by atomic mass is 79.9. The molecular formula is C98H90BrCl5N8O6P2+6. The number of aryl methyl sites for hydroxylation is 2. The molecule has 0 fully saturated rings. The first kappa shape index (κ1) is 90.0. The standard InChI is InChI=1S/C51H46N4O3P.C47H36N4O3P.BrH.5ClH/c1-3-57-59(56,58-4-2)38-37-53-31-23-40(24-32-53)42-27-35-55(36-28-42)46-19-15-44(16-20-46)51(49-11-7-5-9-47(49)48-10-6-8-12-50(48)51)43-13-17-45(18-14-43)54-33-25-41(26-34-54)39-21-29-52-30-22-39;52-55(53,54)34-33-49-27-19-36(20-28-49)38-23-31-51(32-24-38)42-15-11-40(12-16-42)47(45-7-3-1-5-43(45)44-6-2-4-8-46(44)47)39-9-13-41(14-10-39)50-29-21-37(22-30-50)35-17-25-48-26-18-35;;;;;;/h5-36H,3-4,37-38H2,1-2H3;1-32H,33-34H2;6*1H/q+3;+1;;;;;;/p+2. The van der Waals surface area contributed by atoms with Crippen LogP contribution in [0.1, 0.15) is 58.4 Å². The summed E-state index contributed by atoms with van der Waals surface area (Å²) in [4.78, 5) is 26.7. The van der Waals surface area contributed by atoms with Crippen molar-refractivity contribution in [3.63, 3.8) is 0 Å². The van der Waals surface area contributed by atoms with E-state index < -0.39 is 26.0 Å². The summed E-state index contributed by atoms with van der Waals surface area (Å²) in [5, 5.41) is 0. The van der Waals surface area contributed by atoms with Crippen molar-refractivity contribution in [1.29, 1.82) is 0 Å². The molecule has 8 aromatic carbocycles. The monoisotopic (exact) mass is 1790 g/mol. The lowest BCUT2D eigenvalue weighted by atomic mass is 9.67. The molecule has 16 aromatic rings. The van der Waals surface area contributed by atoms with Gasteiger partial charge in [0.1, 0.15) is 12.3 Å². The van der Waals surface area contributed by atoms with E-state index in [1.165, 1.54) is 66.8 Å². The van der Waals surface area contributed by atoms with Gasteiger partial charge in [-0.2, -0.15) is 18.3 Å². The zero-order valence-corrected chi connectivity index (χ0v) is 73.2. The topological polar surface area (TPSA) is 142 Å². The molecule has 2 N–H and O–H groups in total. The molecule has 0 saturated carbocycles. The molecule has 0 saturated heterocycles. The molecule has 0 aliphatic heterocycles. The van der Waals surface area contributed by atoms with E-state index in [0.717, 1.165) is 67.3 Å². The zero-order chi connectivity index (χ0) is 77.6. The molecule has 0 spiro atoms. The van der Waals surface area contributed by atoms with E-state index in [9.17, 15) is 18.9 Å². The van der Waals surface area contributed by atoms with Gasteiger partial charge in [-0.25, -0.2) is 9.13 Å². The average Bonchev–Trinajstić information content (AvgIpc) is 1.54. The van der Waals surface area contributed by atoms with Gasteiger partial charge in [0, 0.05) is 146 Å². The first-order chi connectivity index (χ1) is 55.8. The largest absolute Gasteiger partial charge is 0.337 e. The van der Waals surface area contributed by atoms with Crippen LogP contribution < -0.4 is 27.4 Å². The Morgan fingerprint density at radius 2 is 0.508 bits per heavy atom. The van der Waals surface area contributed by atoms with Crippen LogP contribution in [0.2, 0.25) is 0 Å². The number of rotatable bonds is 22. The van der Waals surface area contributed by atoms with E-state index in [4.69, 9.17) is 9.05 Å². The number of pyridine rings is 8. The van der Waals surface area contributed by atoms with Crippen LogP contribution in [0.3, 0.4) is 0 Å².